The Hall–Kier alpha value is -2.53. The predicted octanol–water partition coefficient (Wildman–Crippen LogP) is 3.15. The van der Waals surface area contributed by atoms with Gasteiger partial charge in [-0.2, -0.15) is 0 Å². The first-order chi connectivity index (χ1) is 12.6. The van der Waals surface area contributed by atoms with Gasteiger partial charge in [-0.05, 0) is 35.7 Å². The zero-order valence-corrected chi connectivity index (χ0v) is 15.5. The summed E-state index contributed by atoms with van der Waals surface area (Å²) in [6.07, 6.45) is 0.264. The molecule has 1 fully saturated rings. The molecular formula is C21H25NO4. The van der Waals surface area contributed by atoms with Crippen molar-refractivity contribution in [3.05, 3.63) is 59.2 Å². The molecule has 0 aromatic heterocycles. The quantitative estimate of drug-likeness (QED) is 0.827. The second-order valence-corrected chi connectivity index (χ2v) is 6.42. The molecule has 5 heteroatoms. The van der Waals surface area contributed by atoms with Crippen LogP contribution in [0.15, 0.2) is 42.5 Å². The van der Waals surface area contributed by atoms with Crippen LogP contribution in [0.4, 0.5) is 0 Å². The van der Waals surface area contributed by atoms with Gasteiger partial charge < -0.3 is 19.1 Å². The number of morpholine rings is 1. The van der Waals surface area contributed by atoms with Crippen molar-refractivity contribution in [2.45, 2.75) is 19.4 Å². The van der Waals surface area contributed by atoms with Crippen molar-refractivity contribution in [2.75, 3.05) is 33.9 Å². The molecule has 1 atom stereocenters. The second-order valence-electron chi connectivity index (χ2n) is 6.42. The van der Waals surface area contributed by atoms with E-state index in [0.29, 0.717) is 37.6 Å². The van der Waals surface area contributed by atoms with E-state index in [2.05, 4.69) is 19.1 Å². The predicted molar refractivity (Wildman–Crippen MR) is 99.7 cm³/mol. The molecule has 2 aromatic carbocycles. The fourth-order valence-electron chi connectivity index (χ4n) is 3.29. The number of methoxy groups -OCH3 is 2. The third-order valence-corrected chi connectivity index (χ3v) is 4.76. The minimum Gasteiger partial charge on any atom is -0.493 e. The average molecular weight is 355 g/mol. The standard InChI is InChI=1S/C21H25NO4/c1-15-6-4-5-7-17(15)20-14-22(10-11-26-20)21(23)13-16-8-9-18(24-2)19(12-16)25-3/h4-9,12,20H,10-11,13-14H2,1-3H3. The van der Waals surface area contributed by atoms with Crippen LogP contribution in [0.2, 0.25) is 0 Å². The summed E-state index contributed by atoms with van der Waals surface area (Å²) < 4.78 is 16.5. The molecule has 0 N–H and O–H groups in total. The molecular weight excluding hydrogens is 330 g/mol. The van der Waals surface area contributed by atoms with E-state index >= 15 is 0 Å². The highest BCUT2D eigenvalue weighted by Gasteiger charge is 2.26. The van der Waals surface area contributed by atoms with Gasteiger partial charge in [0.2, 0.25) is 5.91 Å². The molecule has 0 bridgehead atoms. The number of nitrogens with zero attached hydrogens (tertiary/aromatic N) is 1. The molecule has 1 aliphatic heterocycles. The maximum absolute atomic E-state index is 12.8. The van der Waals surface area contributed by atoms with Gasteiger partial charge in [0.1, 0.15) is 6.10 Å². The van der Waals surface area contributed by atoms with Gasteiger partial charge in [-0.15, -0.1) is 0 Å². The summed E-state index contributed by atoms with van der Waals surface area (Å²) in [6, 6.07) is 13.8. The second kappa shape index (κ2) is 8.23. The summed E-state index contributed by atoms with van der Waals surface area (Å²) in [5, 5.41) is 0. The molecule has 3 rings (SSSR count). The van der Waals surface area contributed by atoms with E-state index in [1.807, 2.05) is 35.2 Å². The van der Waals surface area contributed by atoms with Gasteiger partial charge in [-0.25, -0.2) is 0 Å². The first-order valence-electron chi connectivity index (χ1n) is 8.78. The van der Waals surface area contributed by atoms with E-state index in [-0.39, 0.29) is 12.0 Å². The summed E-state index contributed by atoms with van der Waals surface area (Å²) in [6.45, 7) is 3.82. The molecule has 1 amide bonds. The Morgan fingerprint density at radius 3 is 2.65 bits per heavy atom. The van der Waals surface area contributed by atoms with Crippen LogP contribution in [-0.2, 0) is 16.0 Å². The van der Waals surface area contributed by atoms with Gasteiger partial charge >= 0.3 is 0 Å². The highest BCUT2D eigenvalue weighted by molar-refractivity contribution is 5.79. The van der Waals surface area contributed by atoms with Crippen LogP contribution in [0.25, 0.3) is 0 Å². The van der Waals surface area contributed by atoms with E-state index < -0.39 is 0 Å². The van der Waals surface area contributed by atoms with Crippen LogP contribution in [0.5, 0.6) is 11.5 Å². The minimum atomic E-state index is -0.0701. The highest BCUT2D eigenvalue weighted by Crippen LogP contribution is 2.29. The largest absolute Gasteiger partial charge is 0.493 e. The zero-order chi connectivity index (χ0) is 18.5. The number of aryl methyl sites for hydroxylation is 1. The smallest absolute Gasteiger partial charge is 0.227 e. The lowest BCUT2D eigenvalue weighted by Crippen LogP contribution is -2.43. The van der Waals surface area contributed by atoms with E-state index in [1.54, 1.807) is 14.2 Å². The average Bonchev–Trinajstić information content (AvgIpc) is 2.68. The fraction of sp³-hybridized carbons (Fsp3) is 0.381. The number of rotatable bonds is 5. The SMILES string of the molecule is COc1ccc(CC(=O)N2CCOC(c3ccccc3C)C2)cc1OC. The van der Waals surface area contributed by atoms with Gasteiger partial charge in [-0.1, -0.05) is 30.3 Å². The van der Waals surface area contributed by atoms with Crippen molar-refractivity contribution in [1.82, 2.24) is 4.90 Å². The lowest BCUT2D eigenvalue weighted by Gasteiger charge is -2.34. The van der Waals surface area contributed by atoms with Crippen molar-refractivity contribution in [2.24, 2.45) is 0 Å². The van der Waals surface area contributed by atoms with E-state index in [1.165, 1.54) is 5.56 Å². The molecule has 2 aromatic rings. The molecule has 0 radical (unpaired) electrons. The van der Waals surface area contributed by atoms with Crippen LogP contribution in [0.1, 0.15) is 22.8 Å². The normalized spacial score (nSPS) is 17.0. The van der Waals surface area contributed by atoms with Crippen LogP contribution < -0.4 is 9.47 Å². The Morgan fingerprint density at radius 1 is 1.15 bits per heavy atom. The van der Waals surface area contributed by atoms with Crippen molar-refractivity contribution in [1.29, 1.82) is 0 Å². The number of hydrogen-bond acceptors (Lipinski definition) is 4. The van der Waals surface area contributed by atoms with Crippen LogP contribution in [-0.4, -0.2) is 44.7 Å². The van der Waals surface area contributed by atoms with E-state index in [4.69, 9.17) is 14.2 Å². The third-order valence-electron chi connectivity index (χ3n) is 4.76. The summed E-state index contributed by atoms with van der Waals surface area (Å²) in [7, 11) is 3.19. The van der Waals surface area contributed by atoms with Crippen LogP contribution >= 0.6 is 0 Å². The summed E-state index contributed by atoms with van der Waals surface area (Å²) in [5.41, 5.74) is 3.24. The monoisotopic (exact) mass is 355 g/mol. The molecule has 26 heavy (non-hydrogen) atoms. The molecule has 0 spiro atoms. The Morgan fingerprint density at radius 2 is 1.92 bits per heavy atom. The van der Waals surface area contributed by atoms with Gasteiger partial charge in [0.25, 0.3) is 0 Å². The van der Waals surface area contributed by atoms with Gasteiger partial charge in [0, 0.05) is 6.54 Å². The maximum Gasteiger partial charge on any atom is 0.227 e. The number of carbonyl (C=O) groups is 1. The number of hydrogen-bond donors (Lipinski definition) is 0. The zero-order valence-electron chi connectivity index (χ0n) is 15.5. The molecule has 0 saturated carbocycles. The minimum absolute atomic E-state index is 0.0701. The fourth-order valence-corrected chi connectivity index (χ4v) is 3.29. The molecule has 0 aliphatic carbocycles. The molecule has 1 aliphatic rings. The highest BCUT2D eigenvalue weighted by atomic mass is 16.5. The molecule has 5 nitrogen and oxygen atoms in total. The number of amides is 1. The van der Waals surface area contributed by atoms with Gasteiger partial charge in [0.05, 0.1) is 33.8 Å². The number of ether oxygens (including phenoxy) is 3. The Bertz CT molecular complexity index is 774. The third kappa shape index (κ3) is 3.99. The lowest BCUT2D eigenvalue weighted by molar-refractivity contribution is -0.138. The Balaban J connectivity index is 1.69. The van der Waals surface area contributed by atoms with Crippen molar-refractivity contribution >= 4 is 5.91 Å². The van der Waals surface area contributed by atoms with Crippen molar-refractivity contribution in [3.8, 4) is 11.5 Å². The topological polar surface area (TPSA) is 48.0 Å². The molecule has 1 heterocycles. The summed E-state index contributed by atoms with van der Waals surface area (Å²) in [4.78, 5) is 14.7. The van der Waals surface area contributed by atoms with Gasteiger partial charge in [0.15, 0.2) is 11.5 Å². The molecule has 1 saturated heterocycles. The lowest BCUT2D eigenvalue weighted by atomic mass is 10.0. The Kier molecular flexibility index (Phi) is 5.78. The van der Waals surface area contributed by atoms with Crippen molar-refractivity contribution < 1.29 is 19.0 Å². The van der Waals surface area contributed by atoms with E-state index in [0.717, 1.165) is 11.1 Å². The molecule has 138 valence electrons. The van der Waals surface area contributed by atoms with Crippen LogP contribution in [0.3, 0.4) is 0 Å². The van der Waals surface area contributed by atoms with Crippen LogP contribution in [0, 0.1) is 6.92 Å². The van der Waals surface area contributed by atoms with Gasteiger partial charge in [-0.3, -0.25) is 4.79 Å². The van der Waals surface area contributed by atoms with Crippen molar-refractivity contribution in [3.63, 3.8) is 0 Å². The first-order valence-corrected chi connectivity index (χ1v) is 8.78. The number of benzene rings is 2. The first kappa shape index (κ1) is 18.3. The summed E-state index contributed by atoms with van der Waals surface area (Å²) >= 11 is 0. The summed E-state index contributed by atoms with van der Waals surface area (Å²) in [5.74, 6) is 1.39. The van der Waals surface area contributed by atoms with E-state index in [9.17, 15) is 4.79 Å². The molecule has 1 unspecified atom stereocenters. The maximum atomic E-state index is 12.8. The number of carbonyl (C=O) groups excluding carboxylic acids is 1. The Labute approximate surface area is 154 Å².